The number of aryl methyl sites for hydroxylation is 1. The van der Waals surface area contributed by atoms with Crippen molar-refractivity contribution < 1.29 is 14.9 Å². The third-order valence-corrected chi connectivity index (χ3v) is 4.68. The highest BCUT2D eigenvalue weighted by molar-refractivity contribution is 5.41. The second-order valence-corrected chi connectivity index (χ2v) is 6.21. The lowest BCUT2D eigenvalue weighted by Crippen LogP contribution is -2.36. The number of aromatic nitrogens is 1. The zero-order valence-electron chi connectivity index (χ0n) is 13.3. The molecule has 1 aromatic rings. The van der Waals surface area contributed by atoms with Crippen LogP contribution in [0.4, 0.5) is 0 Å². The predicted octanol–water partition coefficient (Wildman–Crippen LogP) is 2.55. The average Bonchev–Trinajstić information content (AvgIpc) is 2.50. The molecule has 4 heteroatoms. The Morgan fingerprint density at radius 2 is 1.90 bits per heavy atom. The van der Waals surface area contributed by atoms with Crippen LogP contribution in [0.3, 0.4) is 0 Å². The van der Waals surface area contributed by atoms with Gasteiger partial charge in [0, 0.05) is 29.4 Å². The first-order chi connectivity index (χ1) is 10.0. The minimum absolute atomic E-state index is 0.224. The van der Waals surface area contributed by atoms with E-state index < -0.39 is 12.2 Å². The molecule has 1 aliphatic carbocycles. The van der Waals surface area contributed by atoms with E-state index in [2.05, 4.69) is 4.98 Å². The van der Waals surface area contributed by atoms with Crippen molar-refractivity contribution in [2.24, 2.45) is 5.92 Å². The molecular formula is C17H27NO3. The molecule has 2 unspecified atom stereocenters. The number of ether oxygens (including phenoxy) is 1. The quantitative estimate of drug-likeness (QED) is 0.876. The van der Waals surface area contributed by atoms with Crippen LogP contribution in [0.15, 0.2) is 6.20 Å². The summed E-state index contributed by atoms with van der Waals surface area (Å²) in [5.74, 6) is 1.04. The molecule has 0 bridgehead atoms. The number of aliphatic hydroxyl groups excluding tert-OH is 2. The van der Waals surface area contributed by atoms with Gasteiger partial charge >= 0.3 is 0 Å². The van der Waals surface area contributed by atoms with Gasteiger partial charge in [-0.3, -0.25) is 4.98 Å². The zero-order valence-corrected chi connectivity index (χ0v) is 13.3. The maximum absolute atomic E-state index is 10.4. The molecule has 0 aromatic carbocycles. The number of pyridine rings is 1. The molecule has 0 aliphatic heterocycles. The van der Waals surface area contributed by atoms with Crippen LogP contribution in [-0.4, -0.2) is 34.5 Å². The van der Waals surface area contributed by atoms with E-state index in [0.717, 1.165) is 48.3 Å². The third kappa shape index (κ3) is 3.74. The summed E-state index contributed by atoms with van der Waals surface area (Å²) >= 11 is 0. The summed E-state index contributed by atoms with van der Waals surface area (Å²) in [7, 11) is 1.65. The molecule has 2 N–H and O–H groups in total. The molecule has 118 valence electrons. The number of hydrogen-bond donors (Lipinski definition) is 2. The van der Waals surface area contributed by atoms with Crippen LogP contribution in [0, 0.1) is 19.8 Å². The van der Waals surface area contributed by atoms with E-state index >= 15 is 0 Å². The van der Waals surface area contributed by atoms with Crippen LogP contribution in [0.25, 0.3) is 0 Å². The summed E-state index contributed by atoms with van der Waals surface area (Å²) in [6.07, 6.45) is 6.32. The minimum atomic E-state index is -0.758. The molecule has 1 heterocycles. The summed E-state index contributed by atoms with van der Waals surface area (Å²) in [5.41, 5.74) is 2.74. The van der Waals surface area contributed by atoms with Crippen molar-refractivity contribution in [1.29, 1.82) is 0 Å². The topological polar surface area (TPSA) is 62.6 Å². The van der Waals surface area contributed by atoms with Crippen LogP contribution >= 0.6 is 0 Å². The molecule has 0 radical (unpaired) electrons. The van der Waals surface area contributed by atoms with E-state index in [9.17, 15) is 10.2 Å². The van der Waals surface area contributed by atoms with Gasteiger partial charge in [0.25, 0.3) is 0 Å². The standard InChI is InChI=1S/C17H27NO3/c1-11-10-18-14(12(2)17(11)21-3)9-15(19)16(20)13-7-5-4-6-8-13/h10,13,15-16,19-20H,4-9H2,1-3H3. The van der Waals surface area contributed by atoms with Gasteiger partial charge in [-0.15, -0.1) is 0 Å². The highest BCUT2D eigenvalue weighted by Gasteiger charge is 2.28. The lowest BCUT2D eigenvalue weighted by atomic mass is 9.82. The van der Waals surface area contributed by atoms with Crippen molar-refractivity contribution in [2.45, 2.75) is 64.6 Å². The first-order valence-corrected chi connectivity index (χ1v) is 7.89. The van der Waals surface area contributed by atoms with Gasteiger partial charge in [-0.2, -0.15) is 0 Å². The van der Waals surface area contributed by atoms with Crippen LogP contribution < -0.4 is 4.74 Å². The lowest BCUT2D eigenvalue weighted by Gasteiger charge is -2.30. The summed E-state index contributed by atoms with van der Waals surface area (Å²) in [6.45, 7) is 3.91. The van der Waals surface area contributed by atoms with E-state index in [1.165, 1.54) is 6.42 Å². The maximum Gasteiger partial charge on any atom is 0.128 e. The molecule has 0 spiro atoms. The molecule has 1 saturated carbocycles. The van der Waals surface area contributed by atoms with Gasteiger partial charge < -0.3 is 14.9 Å². The van der Waals surface area contributed by atoms with Gasteiger partial charge in [0.2, 0.25) is 0 Å². The Kier molecular flexibility index (Phi) is 5.59. The van der Waals surface area contributed by atoms with Crippen molar-refractivity contribution in [3.63, 3.8) is 0 Å². The average molecular weight is 293 g/mol. The van der Waals surface area contributed by atoms with E-state index in [0.29, 0.717) is 6.42 Å². The Hall–Kier alpha value is -1.13. The first kappa shape index (κ1) is 16.2. The zero-order chi connectivity index (χ0) is 15.4. The molecule has 0 amide bonds. The molecule has 1 fully saturated rings. The minimum Gasteiger partial charge on any atom is -0.496 e. The van der Waals surface area contributed by atoms with E-state index in [1.807, 2.05) is 13.8 Å². The van der Waals surface area contributed by atoms with E-state index in [4.69, 9.17) is 4.74 Å². The highest BCUT2D eigenvalue weighted by Crippen LogP contribution is 2.30. The monoisotopic (exact) mass is 293 g/mol. The third-order valence-electron chi connectivity index (χ3n) is 4.68. The Bertz CT molecular complexity index is 469. The van der Waals surface area contributed by atoms with E-state index in [-0.39, 0.29) is 5.92 Å². The van der Waals surface area contributed by atoms with Gasteiger partial charge in [0.05, 0.1) is 19.3 Å². The van der Waals surface area contributed by atoms with Gasteiger partial charge in [-0.05, 0) is 32.6 Å². The molecule has 21 heavy (non-hydrogen) atoms. The van der Waals surface area contributed by atoms with Crippen LogP contribution in [0.1, 0.15) is 48.9 Å². The lowest BCUT2D eigenvalue weighted by molar-refractivity contribution is -0.0268. The number of methoxy groups -OCH3 is 1. The Morgan fingerprint density at radius 1 is 1.24 bits per heavy atom. The fraction of sp³-hybridized carbons (Fsp3) is 0.706. The predicted molar refractivity (Wildman–Crippen MR) is 82.6 cm³/mol. The fourth-order valence-corrected chi connectivity index (χ4v) is 3.39. The fourth-order valence-electron chi connectivity index (χ4n) is 3.39. The first-order valence-electron chi connectivity index (χ1n) is 7.89. The largest absolute Gasteiger partial charge is 0.496 e. The Labute approximate surface area is 127 Å². The van der Waals surface area contributed by atoms with Crippen molar-refractivity contribution >= 4 is 0 Å². The van der Waals surface area contributed by atoms with E-state index in [1.54, 1.807) is 13.3 Å². The number of nitrogens with zero attached hydrogens (tertiary/aromatic N) is 1. The smallest absolute Gasteiger partial charge is 0.128 e. The number of hydrogen-bond acceptors (Lipinski definition) is 4. The SMILES string of the molecule is COc1c(C)cnc(CC(O)C(O)C2CCCCC2)c1C. The highest BCUT2D eigenvalue weighted by atomic mass is 16.5. The Morgan fingerprint density at radius 3 is 2.52 bits per heavy atom. The molecule has 2 atom stereocenters. The van der Waals surface area contributed by atoms with Crippen molar-refractivity contribution in [3.05, 3.63) is 23.0 Å². The summed E-state index contributed by atoms with van der Waals surface area (Å²) in [6, 6.07) is 0. The number of rotatable bonds is 5. The second kappa shape index (κ2) is 7.23. The van der Waals surface area contributed by atoms with Crippen LogP contribution in [0.5, 0.6) is 5.75 Å². The summed E-state index contributed by atoms with van der Waals surface area (Å²) in [5, 5.41) is 20.7. The van der Waals surface area contributed by atoms with Crippen LogP contribution in [0.2, 0.25) is 0 Å². The normalized spacial score (nSPS) is 19.3. The van der Waals surface area contributed by atoms with Gasteiger partial charge in [-0.1, -0.05) is 19.3 Å². The Balaban J connectivity index is 2.06. The molecule has 2 rings (SSSR count). The van der Waals surface area contributed by atoms with Crippen LogP contribution in [-0.2, 0) is 6.42 Å². The second-order valence-electron chi connectivity index (χ2n) is 6.21. The molecule has 0 saturated heterocycles. The maximum atomic E-state index is 10.4. The van der Waals surface area contributed by atoms with Crippen molar-refractivity contribution in [2.75, 3.05) is 7.11 Å². The van der Waals surface area contributed by atoms with Gasteiger partial charge in [0.1, 0.15) is 5.75 Å². The van der Waals surface area contributed by atoms with Crippen molar-refractivity contribution in [1.82, 2.24) is 4.98 Å². The van der Waals surface area contributed by atoms with Gasteiger partial charge in [-0.25, -0.2) is 0 Å². The number of aliphatic hydroxyl groups is 2. The molecular weight excluding hydrogens is 266 g/mol. The molecule has 1 aromatic heterocycles. The summed E-state index contributed by atoms with van der Waals surface area (Å²) < 4.78 is 5.39. The van der Waals surface area contributed by atoms with Crippen molar-refractivity contribution in [3.8, 4) is 5.75 Å². The van der Waals surface area contributed by atoms with Gasteiger partial charge in [0.15, 0.2) is 0 Å². The molecule has 4 nitrogen and oxygen atoms in total. The molecule has 1 aliphatic rings. The summed E-state index contributed by atoms with van der Waals surface area (Å²) in [4.78, 5) is 4.40.